The number of hydrogen-bond donors (Lipinski definition) is 1. The van der Waals surface area contributed by atoms with Crippen molar-refractivity contribution in [1.82, 2.24) is 24.8 Å². The molecule has 0 unspecified atom stereocenters. The van der Waals surface area contributed by atoms with Gasteiger partial charge in [0.25, 0.3) is 0 Å². The maximum atomic E-state index is 12.2. The second-order valence-electron chi connectivity index (χ2n) is 4.71. The predicted octanol–water partition coefficient (Wildman–Crippen LogP) is 0.627. The summed E-state index contributed by atoms with van der Waals surface area (Å²) in [6, 6.07) is -0.131. The van der Waals surface area contributed by atoms with E-state index in [1.807, 2.05) is 0 Å². The molecule has 0 aliphatic carbocycles. The molecule has 2 rings (SSSR count). The van der Waals surface area contributed by atoms with Crippen LogP contribution in [0.3, 0.4) is 0 Å². The standard InChI is InChI=1S/C13H17N5O3/c1-3-5-16(6-4-2)13(21)17-7-10(8-17)18-9-11(12(19)20)14-15-18/h3-4,9-10H,1-2,5-8H2,(H,19,20). The molecule has 1 saturated heterocycles. The lowest BCUT2D eigenvalue weighted by Crippen LogP contribution is -2.55. The van der Waals surface area contributed by atoms with Crippen LogP contribution in [0.25, 0.3) is 0 Å². The number of nitrogens with zero attached hydrogens (tertiary/aromatic N) is 5. The third kappa shape index (κ3) is 3.10. The number of rotatable bonds is 6. The van der Waals surface area contributed by atoms with Gasteiger partial charge in [-0.2, -0.15) is 0 Å². The maximum absolute atomic E-state index is 12.2. The van der Waals surface area contributed by atoms with Gasteiger partial charge in [-0.1, -0.05) is 17.4 Å². The Bertz CT molecular complexity index is 552. The molecule has 112 valence electrons. The first-order valence-electron chi connectivity index (χ1n) is 6.47. The van der Waals surface area contributed by atoms with Crippen molar-refractivity contribution >= 4 is 12.0 Å². The predicted molar refractivity (Wildman–Crippen MR) is 75.0 cm³/mol. The lowest BCUT2D eigenvalue weighted by atomic mass is 10.1. The molecule has 1 aliphatic heterocycles. The Morgan fingerprint density at radius 2 is 2.00 bits per heavy atom. The van der Waals surface area contributed by atoms with Crippen LogP contribution in [0, 0.1) is 0 Å². The van der Waals surface area contributed by atoms with Gasteiger partial charge in [-0.15, -0.1) is 18.3 Å². The van der Waals surface area contributed by atoms with Gasteiger partial charge in [0.1, 0.15) is 0 Å². The van der Waals surface area contributed by atoms with E-state index >= 15 is 0 Å². The molecule has 0 aromatic carbocycles. The Kier molecular flexibility index (Phi) is 4.36. The van der Waals surface area contributed by atoms with E-state index in [0.717, 1.165) is 0 Å². The highest BCUT2D eigenvalue weighted by molar-refractivity contribution is 5.84. The molecule has 1 aliphatic rings. The molecule has 1 N–H and O–H groups in total. The summed E-state index contributed by atoms with van der Waals surface area (Å²) in [5.41, 5.74) is -0.0975. The number of carbonyl (C=O) groups is 2. The Balaban J connectivity index is 1.92. The number of likely N-dealkylation sites (tertiary alicyclic amines) is 1. The van der Waals surface area contributed by atoms with Gasteiger partial charge in [0.05, 0.1) is 12.2 Å². The Labute approximate surface area is 121 Å². The molecule has 2 heterocycles. The molecule has 0 atom stereocenters. The van der Waals surface area contributed by atoms with Crippen LogP contribution < -0.4 is 0 Å². The van der Waals surface area contributed by atoms with Crippen LogP contribution in [0.1, 0.15) is 16.5 Å². The molecule has 0 spiro atoms. The van der Waals surface area contributed by atoms with E-state index in [0.29, 0.717) is 26.2 Å². The highest BCUT2D eigenvalue weighted by Gasteiger charge is 2.34. The highest BCUT2D eigenvalue weighted by atomic mass is 16.4. The first-order chi connectivity index (χ1) is 10.1. The molecule has 8 nitrogen and oxygen atoms in total. The van der Waals surface area contributed by atoms with Crippen molar-refractivity contribution in [1.29, 1.82) is 0 Å². The monoisotopic (exact) mass is 291 g/mol. The van der Waals surface area contributed by atoms with Crippen molar-refractivity contribution in [3.63, 3.8) is 0 Å². The fourth-order valence-corrected chi connectivity index (χ4v) is 2.07. The summed E-state index contributed by atoms with van der Waals surface area (Å²) in [5, 5.41) is 16.1. The maximum Gasteiger partial charge on any atom is 0.358 e. The van der Waals surface area contributed by atoms with Crippen LogP contribution >= 0.6 is 0 Å². The third-order valence-electron chi connectivity index (χ3n) is 3.21. The van der Waals surface area contributed by atoms with Crippen molar-refractivity contribution in [2.45, 2.75) is 6.04 Å². The van der Waals surface area contributed by atoms with Crippen LogP contribution in [0.15, 0.2) is 31.5 Å². The molecule has 0 radical (unpaired) electrons. The van der Waals surface area contributed by atoms with Crippen LogP contribution in [0.4, 0.5) is 4.79 Å². The summed E-state index contributed by atoms with van der Waals surface area (Å²) in [4.78, 5) is 26.2. The van der Waals surface area contributed by atoms with E-state index in [2.05, 4.69) is 23.5 Å². The van der Waals surface area contributed by atoms with Crippen molar-refractivity contribution in [3.8, 4) is 0 Å². The number of urea groups is 1. The molecular weight excluding hydrogens is 274 g/mol. The Morgan fingerprint density at radius 3 is 2.48 bits per heavy atom. The lowest BCUT2D eigenvalue weighted by Gasteiger charge is -2.41. The Morgan fingerprint density at radius 1 is 1.38 bits per heavy atom. The summed E-state index contributed by atoms with van der Waals surface area (Å²) >= 11 is 0. The van der Waals surface area contributed by atoms with Gasteiger partial charge >= 0.3 is 12.0 Å². The van der Waals surface area contributed by atoms with Crippen molar-refractivity contribution in [3.05, 3.63) is 37.2 Å². The molecular formula is C13H17N5O3. The van der Waals surface area contributed by atoms with Gasteiger partial charge < -0.3 is 14.9 Å². The summed E-state index contributed by atoms with van der Waals surface area (Å²) < 4.78 is 1.48. The van der Waals surface area contributed by atoms with Gasteiger partial charge in [0.2, 0.25) is 0 Å². The van der Waals surface area contributed by atoms with Gasteiger partial charge in [0.15, 0.2) is 5.69 Å². The fourth-order valence-electron chi connectivity index (χ4n) is 2.07. The second-order valence-corrected chi connectivity index (χ2v) is 4.71. The first-order valence-corrected chi connectivity index (χ1v) is 6.47. The molecule has 2 amide bonds. The summed E-state index contributed by atoms with van der Waals surface area (Å²) in [6.45, 7) is 9.12. The molecule has 0 bridgehead atoms. The van der Waals surface area contributed by atoms with Crippen LogP contribution in [0.5, 0.6) is 0 Å². The zero-order chi connectivity index (χ0) is 15.4. The van der Waals surface area contributed by atoms with E-state index in [9.17, 15) is 9.59 Å². The zero-order valence-corrected chi connectivity index (χ0v) is 11.6. The number of aromatic carboxylic acids is 1. The molecule has 8 heteroatoms. The number of amides is 2. The zero-order valence-electron chi connectivity index (χ0n) is 11.6. The van der Waals surface area contributed by atoms with E-state index in [1.165, 1.54) is 10.9 Å². The van der Waals surface area contributed by atoms with E-state index in [1.54, 1.807) is 22.0 Å². The van der Waals surface area contributed by atoms with Crippen LogP contribution in [0.2, 0.25) is 0 Å². The summed E-state index contributed by atoms with van der Waals surface area (Å²) in [7, 11) is 0. The number of carboxylic acids is 1. The first kappa shape index (κ1) is 14.8. The topological polar surface area (TPSA) is 91.6 Å². The number of hydrogen-bond acceptors (Lipinski definition) is 4. The average molecular weight is 291 g/mol. The normalized spacial score (nSPS) is 14.4. The van der Waals surface area contributed by atoms with Gasteiger partial charge in [-0.05, 0) is 0 Å². The van der Waals surface area contributed by atoms with E-state index in [4.69, 9.17) is 5.11 Å². The van der Waals surface area contributed by atoms with Crippen LogP contribution in [-0.2, 0) is 0 Å². The average Bonchev–Trinajstić information content (AvgIpc) is 2.86. The lowest BCUT2D eigenvalue weighted by molar-refractivity contribution is 0.0689. The minimum atomic E-state index is -1.11. The van der Waals surface area contributed by atoms with E-state index in [-0.39, 0.29) is 17.8 Å². The van der Waals surface area contributed by atoms with Crippen LogP contribution in [-0.4, -0.2) is 68.1 Å². The molecule has 0 saturated carbocycles. The number of carboxylic acid groups (broad SMARTS) is 1. The number of aromatic nitrogens is 3. The van der Waals surface area contributed by atoms with Gasteiger partial charge in [-0.25, -0.2) is 14.3 Å². The molecule has 1 aromatic heterocycles. The molecule has 1 aromatic rings. The quantitative estimate of drug-likeness (QED) is 0.776. The Hall–Kier alpha value is -2.64. The molecule has 1 fully saturated rings. The number of carbonyl (C=O) groups excluding carboxylic acids is 1. The van der Waals surface area contributed by atoms with Crippen molar-refractivity contribution in [2.24, 2.45) is 0 Å². The largest absolute Gasteiger partial charge is 0.476 e. The van der Waals surface area contributed by atoms with Crippen molar-refractivity contribution in [2.75, 3.05) is 26.2 Å². The minimum absolute atomic E-state index is 0.0381. The van der Waals surface area contributed by atoms with Gasteiger partial charge in [0, 0.05) is 26.2 Å². The van der Waals surface area contributed by atoms with E-state index < -0.39 is 5.97 Å². The fraction of sp³-hybridized carbons (Fsp3) is 0.385. The van der Waals surface area contributed by atoms with Crippen molar-refractivity contribution < 1.29 is 14.7 Å². The summed E-state index contributed by atoms with van der Waals surface area (Å²) in [5.74, 6) is -1.11. The minimum Gasteiger partial charge on any atom is -0.476 e. The smallest absolute Gasteiger partial charge is 0.358 e. The second kappa shape index (κ2) is 6.21. The highest BCUT2D eigenvalue weighted by Crippen LogP contribution is 2.21. The van der Waals surface area contributed by atoms with Gasteiger partial charge in [-0.3, -0.25) is 0 Å². The molecule has 21 heavy (non-hydrogen) atoms. The summed E-state index contributed by atoms with van der Waals surface area (Å²) in [6.07, 6.45) is 4.70. The third-order valence-corrected chi connectivity index (χ3v) is 3.21. The SMILES string of the molecule is C=CCN(CC=C)C(=O)N1CC(n2cc(C(=O)O)nn2)C1.